The molecule has 6 heteroatoms. The van der Waals surface area contributed by atoms with E-state index in [4.69, 9.17) is 16.7 Å². The van der Waals surface area contributed by atoms with Gasteiger partial charge in [-0.1, -0.05) is 11.6 Å². The highest BCUT2D eigenvalue weighted by molar-refractivity contribution is 6.31. The number of likely N-dealkylation sites (tertiary alicyclic amines) is 1. The molecule has 2 rings (SSSR count). The lowest BCUT2D eigenvalue weighted by molar-refractivity contribution is -0.139. The molecule has 1 amide bonds. The molecule has 18 heavy (non-hydrogen) atoms. The van der Waals surface area contributed by atoms with Crippen LogP contribution in [0.15, 0.2) is 18.2 Å². The Kier molecular flexibility index (Phi) is 3.43. The summed E-state index contributed by atoms with van der Waals surface area (Å²) in [6.45, 7) is 0.800. The average Bonchev–Trinajstić information content (AvgIpc) is 2.25. The number of rotatable bonds is 3. The average molecular weight is 270 g/mol. The second kappa shape index (κ2) is 4.86. The number of carbonyl (C=O) groups excluding carboxylic acids is 1. The number of halogens is 1. The minimum atomic E-state index is -0.863. The van der Waals surface area contributed by atoms with Crippen LogP contribution in [0.2, 0.25) is 5.02 Å². The molecule has 0 radical (unpaired) electrons. The lowest BCUT2D eigenvalue weighted by Crippen LogP contribution is -2.50. The maximum absolute atomic E-state index is 12.0. The third-order valence-corrected chi connectivity index (χ3v) is 3.13. The van der Waals surface area contributed by atoms with Crippen LogP contribution in [0.1, 0.15) is 16.8 Å². The number of carboxylic acid groups (broad SMARTS) is 1. The van der Waals surface area contributed by atoms with Gasteiger partial charge in [-0.3, -0.25) is 9.59 Å². The van der Waals surface area contributed by atoms with Gasteiger partial charge in [-0.15, -0.1) is 0 Å². The summed E-state index contributed by atoms with van der Waals surface area (Å²) < 4.78 is 0. The topological polar surface area (TPSA) is 77.8 Å². The number of amides is 1. The molecule has 2 N–H and O–H groups in total. The maximum atomic E-state index is 12.0. The first-order valence-corrected chi connectivity index (χ1v) is 5.84. The van der Waals surface area contributed by atoms with Crippen molar-refractivity contribution in [1.82, 2.24) is 4.90 Å². The summed E-state index contributed by atoms with van der Waals surface area (Å²) in [6.07, 6.45) is 0.0608. The van der Waals surface area contributed by atoms with Crippen molar-refractivity contribution < 1.29 is 19.8 Å². The fraction of sp³-hybridized carbons (Fsp3) is 0.333. The van der Waals surface area contributed by atoms with Gasteiger partial charge in [0.25, 0.3) is 5.91 Å². The van der Waals surface area contributed by atoms with Crippen molar-refractivity contribution in [1.29, 1.82) is 0 Å². The van der Waals surface area contributed by atoms with Gasteiger partial charge in [0, 0.05) is 24.0 Å². The molecule has 1 saturated heterocycles. The van der Waals surface area contributed by atoms with E-state index in [0.29, 0.717) is 18.1 Å². The summed E-state index contributed by atoms with van der Waals surface area (Å²) in [5.74, 6) is -1.31. The minimum absolute atomic E-state index is 0.00669. The second-order valence-corrected chi connectivity index (χ2v) is 4.77. The van der Waals surface area contributed by atoms with Crippen molar-refractivity contribution in [3.8, 4) is 5.75 Å². The normalized spacial score (nSPS) is 15.3. The number of aromatic hydroxyl groups is 1. The van der Waals surface area contributed by atoms with Crippen molar-refractivity contribution in [2.75, 3.05) is 13.1 Å². The molecule has 1 aromatic rings. The van der Waals surface area contributed by atoms with Gasteiger partial charge < -0.3 is 15.1 Å². The molecule has 1 aliphatic heterocycles. The smallest absolute Gasteiger partial charge is 0.303 e. The Bertz CT molecular complexity index is 497. The van der Waals surface area contributed by atoms with Crippen LogP contribution in [0.5, 0.6) is 5.75 Å². The van der Waals surface area contributed by atoms with Crippen LogP contribution in [-0.2, 0) is 4.79 Å². The summed E-state index contributed by atoms with van der Waals surface area (Å²) in [5.41, 5.74) is 0.149. The molecule has 1 fully saturated rings. The molecule has 0 spiro atoms. The highest BCUT2D eigenvalue weighted by Gasteiger charge is 2.33. The van der Waals surface area contributed by atoms with Crippen molar-refractivity contribution in [3.63, 3.8) is 0 Å². The van der Waals surface area contributed by atoms with Gasteiger partial charge in [-0.25, -0.2) is 0 Å². The Hall–Kier alpha value is -1.75. The van der Waals surface area contributed by atoms with Gasteiger partial charge in [0.2, 0.25) is 0 Å². The number of hydrogen-bond donors (Lipinski definition) is 2. The van der Waals surface area contributed by atoms with Crippen LogP contribution in [0.3, 0.4) is 0 Å². The Morgan fingerprint density at radius 2 is 2.06 bits per heavy atom. The molecule has 0 bridgehead atoms. The zero-order valence-corrected chi connectivity index (χ0v) is 10.2. The molecule has 1 aromatic carbocycles. The van der Waals surface area contributed by atoms with E-state index < -0.39 is 5.97 Å². The minimum Gasteiger partial charge on any atom is -0.507 e. The third-order valence-electron chi connectivity index (χ3n) is 2.90. The molecule has 1 aliphatic rings. The summed E-state index contributed by atoms with van der Waals surface area (Å²) in [5, 5.41) is 18.6. The van der Waals surface area contributed by atoms with E-state index in [1.807, 2.05) is 0 Å². The second-order valence-electron chi connectivity index (χ2n) is 4.34. The molecule has 0 aromatic heterocycles. The lowest BCUT2D eigenvalue weighted by atomic mass is 9.95. The van der Waals surface area contributed by atoms with Gasteiger partial charge >= 0.3 is 5.97 Å². The van der Waals surface area contributed by atoms with Gasteiger partial charge in [-0.05, 0) is 18.2 Å². The fourth-order valence-electron chi connectivity index (χ4n) is 1.96. The molecule has 96 valence electrons. The molecular weight excluding hydrogens is 258 g/mol. The number of aliphatic carboxylic acids is 1. The van der Waals surface area contributed by atoms with Crippen molar-refractivity contribution in [2.24, 2.45) is 5.92 Å². The first-order chi connectivity index (χ1) is 8.47. The summed E-state index contributed by atoms with van der Waals surface area (Å²) in [4.78, 5) is 24.0. The first-order valence-electron chi connectivity index (χ1n) is 5.47. The maximum Gasteiger partial charge on any atom is 0.303 e. The van der Waals surface area contributed by atoms with Crippen LogP contribution in [0.25, 0.3) is 0 Å². The number of nitrogens with zero attached hydrogens (tertiary/aromatic N) is 1. The number of hydrogen-bond acceptors (Lipinski definition) is 3. The van der Waals surface area contributed by atoms with Crippen LogP contribution in [0, 0.1) is 5.92 Å². The van der Waals surface area contributed by atoms with E-state index in [9.17, 15) is 14.7 Å². The molecule has 1 heterocycles. The molecule has 0 unspecified atom stereocenters. The molecule has 0 atom stereocenters. The zero-order chi connectivity index (χ0) is 13.3. The Balaban J connectivity index is 2.01. The van der Waals surface area contributed by atoms with Crippen LogP contribution < -0.4 is 0 Å². The third kappa shape index (κ3) is 2.56. The van der Waals surface area contributed by atoms with E-state index in [1.165, 1.54) is 23.1 Å². The standard InChI is InChI=1S/C12H12ClNO4/c13-8-1-2-10(15)9(4-8)12(18)14-5-7(6-14)3-11(16)17/h1-2,4,7,15H,3,5-6H2,(H,16,17). The lowest BCUT2D eigenvalue weighted by Gasteiger charge is -2.38. The summed E-state index contributed by atoms with van der Waals surface area (Å²) in [7, 11) is 0. The monoisotopic (exact) mass is 269 g/mol. The number of phenols is 1. The Labute approximate surface area is 109 Å². The molecular formula is C12H12ClNO4. The Morgan fingerprint density at radius 3 is 2.67 bits per heavy atom. The summed E-state index contributed by atoms with van der Waals surface area (Å²) >= 11 is 5.76. The van der Waals surface area contributed by atoms with Gasteiger partial charge in [0.05, 0.1) is 12.0 Å². The van der Waals surface area contributed by atoms with Crippen molar-refractivity contribution >= 4 is 23.5 Å². The van der Waals surface area contributed by atoms with Gasteiger partial charge in [0.1, 0.15) is 5.75 Å². The highest BCUT2D eigenvalue weighted by Crippen LogP contribution is 2.27. The van der Waals surface area contributed by atoms with Crippen molar-refractivity contribution in [2.45, 2.75) is 6.42 Å². The quantitative estimate of drug-likeness (QED) is 0.874. The number of benzene rings is 1. The predicted octanol–water partition coefficient (Wildman–Crippen LogP) is 1.59. The Morgan fingerprint density at radius 1 is 1.39 bits per heavy atom. The predicted molar refractivity (Wildman–Crippen MR) is 64.8 cm³/mol. The van der Waals surface area contributed by atoms with Crippen molar-refractivity contribution in [3.05, 3.63) is 28.8 Å². The SMILES string of the molecule is O=C(O)CC1CN(C(=O)c2cc(Cl)ccc2O)C1. The van der Waals surface area contributed by atoms with Crippen LogP contribution in [-0.4, -0.2) is 40.1 Å². The number of phenolic OH excluding ortho intramolecular Hbond substituents is 1. The first kappa shape index (κ1) is 12.7. The summed E-state index contributed by atoms with van der Waals surface area (Å²) in [6, 6.07) is 4.27. The highest BCUT2D eigenvalue weighted by atomic mass is 35.5. The van der Waals surface area contributed by atoms with Crippen LogP contribution in [0.4, 0.5) is 0 Å². The van der Waals surface area contributed by atoms with E-state index in [2.05, 4.69) is 0 Å². The van der Waals surface area contributed by atoms with Crippen LogP contribution >= 0.6 is 11.6 Å². The molecule has 0 saturated carbocycles. The molecule has 5 nitrogen and oxygen atoms in total. The van der Waals surface area contributed by atoms with E-state index >= 15 is 0 Å². The largest absolute Gasteiger partial charge is 0.507 e. The van der Waals surface area contributed by atoms with Gasteiger partial charge in [-0.2, -0.15) is 0 Å². The molecule has 0 aliphatic carbocycles. The van der Waals surface area contributed by atoms with E-state index in [1.54, 1.807) is 0 Å². The zero-order valence-electron chi connectivity index (χ0n) is 9.47. The fourth-order valence-corrected chi connectivity index (χ4v) is 2.13. The number of carbonyl (C=O) groups is 2. The van der Waals surface area contributed by atoms with Gasteiger partial charge in [0.15, 0.2) is 0 Å². The number of carboxylic acids is 1. The van der Waals surface area contributed by atoms with E-state index in [0.717, 1.165) is 0 Å². The van der Waals surface area contributed by atoms with E-state index in [-0.39, 0.29) is 29.6 Å².